The Balaban J connectivity index is 1.62. The summed E-state index contributed by atoms with van der Waals surface area (Å²) in [5.74, 6) is 0.448. The summed E-state index contributed by atoms with van der Waals surface area (Å²) in [7, 11) is 1.47. The molecule has 130 valence electrons. The lowest BCUT2D eigenvalue weighted by Crippen LogP contribution is -2.49. The Bertz CT molecular complexity index is 427. The standard InChI is InChI=1S/C16H28N4O3/c1-17-16(23)19-15(22)11-20-8-6-13(7-9-20)18-14(21)10-12-4-2-3-5-12/h12-13H,2-11H2,1H3,(H,18,21)(H2,17,19,22,23). The first-order valence-electron chi connectivity index (χ1n) is 8.60. The minimum atomic E-state index is -0.482. The van der Waals surface area contributed by atoms with Crippen molar-refractivity contribution in [3.05, 3.63) is 0 Å². The predicted molar refractivity (Wildman–Crippen MR) is 86.8 cm³/mol. The van der Waals surface area contributed by atoms with Crippen LogP contribution >= 0.6 is 0 Å². The van der Waals surface area contributed by atoms with E-state index in [1.807, 2.05) is 4.90 Å². The smallest absolute Gasteiger partial charge is 0.321 e. The SMILES string of the molecule is CNC(=O)NC(=O)CN1CCC(NC(=O)CC2CCCC2)CC1. The highest BCUT2D eigenvalue weighted by Gasteiger charge is 2.24. The van der Waals surface area contributed by atoms with Gasteiger partial charge in [0.1, 0.15) is 0 Å². The third-order valence-electron chi connectivity index (χ3n) is 4.75. The minimum absolute atomic E-state index is 0.174. The molecule has 2 rings (SSSR count). The number of nitrogens with one attached hydrogen (secondary N) is 3. The zero-order valence-corrected chi connectivity index (χ0v) is 13.9. The molecule has 0 aromatic rings. The number of carbonyl (C=O) groups excluding carboxylic acids is 3. The maximum atomic E-state index is 12.0. The fourth-order valence-corrected chi connectivity index (χ4v) is 3.43. The number of rotatable bonds is 5. The van der Waals surface area contributed by atoms with Crippen LogP contribution in [-0.4, -0.2) is 55.5 Å². The maximum absolute atomic E-state index is 12.0. The topological polar surface area (TPSA) is 90.5 Å². The first-order chi connectivity index (χ1) is 11.1. The number of hydrogen-bond acceptors (Lipinski definition) is 4. The Labute approximate surface area is 137 Å². The molecule has 1 aliphatic heterocycles. The number of hydrogen-bond donors (Lipinski definition) is 3. The van der Waals surface area contributed by atoms with Crippen LogP contribution in [0.15, 0.2) is 0 Å². The average molecular weight is 324 g/mol. The van der Waals surface area contributed by atoms with Gasteiger partial charge >= 0.3 is 6.03 Å². The molecule has 1 heterocycles. The van der Waals surface area contributed by atoms with Crippen molar-refractivity contribution in [3.63, 3.8) is 0 Å². The molecule has 4 amide bonds. The summed E-state index contributed by atoms with van der Waals surface area (Å²) in [6, 6.07) is -0.272. The van der Waals surface area contributed by atoms with E-state index in [0.717, 1.165) is 25.9 Å². The molecule has 7 nitrogen and oxygen atoms in total. The van der Waals surface area contributed by atoms with E-state index < -0.39 is 6.03 Å². The number of amides is 4. The molecular weight excluding hydrogens is 296 g/mol. The molecule has 7 heteroatoms. The van der Waals surface area contributed by atoms with Gasteiger partial charge in [-0.2, -0.15) is 0 Å². The van der Waals surface area contributed by atoms with Gasteiger partial charge in [0.05, 0.1) is 6.54 Å². The van der Waals surface area contributed by atoms with Crippen molar-refractivity contribution < 1.29 is 14.4 Å². The number of urea groups is 1. The van der Waals surface area contributed by atoms with Crippen molar-refractivity contribution in [2.45, 2.75) is 51.0 Å². The zero-order chi connectivity index (χ0) is 16.7. The van der Waals surface area contributed by atoms with Crippen molar-refractivity contribution >= 4 is 17.8 Å². The van der Waals surface area contributed by atoms with E-state index in [-0.39, 0.29) is 24.4 Å². The van der Waals surface area contributed by atoms with Gasteiger partial charge in [-0.25, -0.2) is 4.79 Å². The third kappa shape index (κ3) is 6.17. The molecule has 0 atom stereocenters. The van der Waals surface area contributed by atoms with Crippen molar-refractivity contribution in [3.8, 4) is 0 Å². The normalized spacial score (nSPS) is 20.2. The van der Waals surface area contributed by atoms with Crippen LogP contribution in [0.1, 0.15) is 44.9 Å². The van der Waals surface area contributed by atoms with E-state index in [0.29, 0.717) is 12.3 Å². The Kier molecular flexibility index (Phi) is 6.83. The van der Waals surface area contributed by atoms with Crippen LogP contribution in [0.4, 0.5) is 4.79 Å². The largest absolute Gasteiger partial charge is 0.353 e. The van der Waals surface area contributed by atoms with E-state index >= 15 is 0 Å². The van der Waals surface area contributed by atoms with Gasteiger partial charge in [-0.15, -0.1) is 0 Å². The molecule has 2 aliphatic rings. The van der Waals surface area contributed by atoms with Crippen molar-refractivity contribution in [1.82, 2.24) is 20.9 Å². The van der Waals surface area contributed by atoms with Crippen molar-refractivity contribution in [2.75, 3.05) is 26.7 Å². The van der Waals surface area contributed by atoms with Crippen LogP contribution in [0.25, 0.3) is 0 Å². The Hall–Kier alpha value is -1.63. The number of likely N-dealkylation sites (tertiary alicyclic amines) is 1. The average Bonchev–Trinajstić information content (AvgIpc) is 3.01. The van der Waals surface area contributed by atoms with Gasteiger partial charge in [0, 0.05) is 32.6 Å². The molecule has 1 saturated carbocycles. The monoisotopic (exact) mass is 324 g/mol. The maximum Gasteiger partial charge on any atom is 0.321 e. The van der Waals surface area contributed by atoms with E-state index in [1.165, 1.54) is 32.7 Å². The van der Waals surface area contributed by atoms with Crippen LogP contribution in [0.5, 0.6) is 0 Å². The van der Waals surface area contributed by atoms with Gasteiger partial charge < -0.3 is 10.6 Å². The third-order valence-corrected chi connectivity index (χ3v) is 4.75. The summed E-state index contributed by atoms with van der Waals surface area (Å²) in [5.41, 5.74) is 0. The van der Waals surface area contributed by atoms with E-state index in [4.69, 9.17) is 0 Å². The number of nitrogens with zero attached hydrogens (tertiary/aromatic N) is 1. The first kappa shape index (κ1) is 17.7. The molecule has 0 radical (unpaired) electrons. The van der Waals surface area contributed by atoms with Crippen LogP contribution < -0.4 is 16.0 Å². The second-order valence-corrected chi connectivity index (χ2v) is 6.60. The Morgan fingerprint density at radius 2 is 1.65 bits per heavy atom. The lowest BCUT2D eigenvalue weighted by Gasteiger charge is -2.32. The van der Waals surface area contributed by atoms with Crippen LogP contribution in [0.2, 0.25) is 0 Å². The molecule has 1 saturated heterocycles. The lowest BCUT2D eigenvalue weighted by atomic mass is 10.0. The summed E-state index contributed by atoms with van der Waals surface area (Å²) >= 11 is 0. The summed E-state index contributed by atoms with van der Waals surface area (Å²) in [4.78, 5) is 36.8. The second-order valence-electron chi connectivity index (χ2n) is 6.60. The van der Waals surface area contributed by atoms with Gasteiger partial charge in [-0.3, -0.25) is 19.8 Å². The zero-order valence-electron chi connectivity index (χ0n) is 13.9. The van der Waals surface area contributed by atoms with Gasteiger partial charge in [0.25, 0.3) is 0 Å². The highest BCUT2D eigenvalue weighted by atomic mass is 16.2. The molecule has 0 aromatic heterocycles. The first-order valence-corrected chi connectivity index (χ1v) is 8.60. The van der Waals surface area contributed by atoms with E-state index in [2.05, 4.69) is 16.0 Å². The molecule has 2 fully saturated rings. The quantitative estimate of drug-likeness (QED) is 0.691. The van der Waals surface area contributed by atoms with Crippen LogP contribution in [0, 0.1) is 5.92 Å². The summed E-state index contributed by atoms with van der Waals surface area (Å²) < 4.78 is 0. The Morgan fingerprint density at radius 1 is 1.00 bits per heavy atom. The lowest BCUT2D eigenvalue weighted by molar-refractivity contribution is -0.124. The molecule has 3 N–H and O–H groups in total. The number of piperidine rings is 1. The van der Waals surface area contributed by atoms with Crippen molar-refractivity contribution in [1.29, 1.82) is 0 Å². The van der Waals surface area contributed by atoms with Gasteiger partial charge in [-0.1, -0.05) is 12.8 Å². The van der Waals surface area contributed by atoms with Gasteiger partial charge in [0.2, 0.25) is 11.8 Å². The molecular formula is C16H28N4O3. The molecule has 0 unspecified atom stereocenters. The molecule has 23 heavy (non-hydrogen) atoms. The van der Waals surface area contributed by atoms with E-state index in [1.54, 1.807) is 0 Å². The summed E-state index contributed by atoms with van der Waals surface area (Å²) in [6.45, 7) is 1.74. The van der Waals surface area contributed by atoms with E-state index in [9.17, 15) is 14.4 Å². The highest BCUT2D eigenvalue weighted by molar-refractivity contribution is 5.95. The predicted octanol–water partition coefficient (Wildman–Crippen LogP) is 0.603. The van der Waals surface area contributed by atoms with Crippen molar-refractivity contribution in [2.24, 2.45) is 5.92 Å². The number of carbonyl (C=O) groups is 3. The summed E-state index contributed by atoms with van der Waals surface area (Å²) in [6.07, 6.45) is 7.25. The molecule has 0 aromatic carbocycles. The summed E-state index contributed by atoms with van der Waals surface area (Å²) in [5, 5.41) is 7.75. The molecule has 0 bridgehead atoms. The fraction of sp³-hybridized carbons (Fsp3) is 0.812. The fourth-order valence-electron chi connectivity index (χ4n) is 3.43. The minimum Gasteiger partial charge on any atom is -0.353 e. The van der Waals surface area contributed by atoms with Gasteiger partial charge in [0.15, 0.2) is 0 Å². The number of imide groups is 1. The second kappa shape index (κ2) is 8.86. The van der Waals surface area contributed by atoms with Gasteiger partial charge in [-0.05, 0) is 31.6 Å². The Morgan fingerprint density at radius 3 is 2.26 bits per heavy atom. The molecule has 0 spiro atoms. The highest BCUT2D eigenvalue weighted by Crippen LogP contribution is 2.27. The molecule has 1 aliphatic carbocycles. The van der Waals surface area contributed by atoms with Crippen LogP contribution in [0.3, 0.4) is 0 Å². The van der Waals surface area contributed by atoms with Crippen LogP contribution in [-0.2, 0) is 9.59 Å².